The summed E-state index contributed by atoms with van der Waals surface area (Å²) in [5.41, 5.74) is 0.121. The predicted molar refractivity (Wildman–Crippen MR) is 125 cm³/mol. The van der Waals surface area contributed by atoms with Gasteiger partial charge in [-0.2, -0.15) is 0 Å². The molecule has 1 saturated heterocycles. The fourth-order valence-corrected chi connectivity index (χ4v) is 4.03. The molecule has 1 N–H and O–H groups in total. The standard InChI is InChI=1S/C23H34N2O8S/c1-5-7-8-9-10-11-18(28)33-19-17(13-30-14(3)26)32-22(20(19)31-15(4)27)25-12-16(6-2)21(29)24-23(25)34/h12,17,19-20,22H,5-11,13H2,1-4H3,(H,24,29,34)/t17-,19-,20+,22-/m1/s1. The first kappa shape index (κ1) is 27.7. The Bertz CT molecular complexity index is 972. The van der Waals surface area contributed by atoms with Crippen molar-refractivity contribution in [2.24, 2.45) is 0 Å². The van der Waals surface area contributed by atoms with Gasteiger partial charge in [0.25, 0.3) is 5.56 Å². The molecule has 2 heterocycles. The summed E-state index contributed by atoms with van der Waals surface area (Å²) >= 11 is 5.31. The number of aromatic nitrogens is 2. The molecule has 0 radical (unpaired) electrons. The number of esters is 3. The Morgan fingerprint density at radius 1 is 1.06 bits per heavy atom. The zero-order valence-electron chi connectivity index (χ0n) is 20.2. The van der Waals surface area contributed by atoms with Crippen molar-refractivity contribution in [3.63, 3.8) is 0 Å². The lowest BCUT2D eigenvalue weighted by atomic mass is 10.1. The van der Waals surface area contributed by atoms with E-state index in [9.17, 15) is 19.2 Å². The highest BCUT2D eigenvalue weighted by Gasteiger charge is 2.50. The molecule has 0 aliphatic carbocycles. The van der Waals surface area contributed by atoms with Crippen molar-refractivity contribution < 1.29 is 33.3 Å². The van der Waals surface area contributed by atoms with Crippen molar-refractivity contribution >= 4 is 30.1 Å². The van der Waals surface area contributed by atoms with Crippen molar-refractivity contribution in [3.05, 3.63) is 26.9 Å². The minimum Gasteiger partial charge on any atom is -0.463 e. The third-order valence-electron chi connectivity index (χ3n) is 5.49. The number of carbonyl (C=O) groups excluding carboxylic acids is 3. The number of aryl methyl sites for hydroxylation is 1. The number of carbonyl (C=O) groups is 3. The lowest BCUT2D eigenvalue weighted by Crippen LogP contribution is -2.41. The number of ether oxygens (including phenoxy) is 4. The zero-order chi connectivity index (χ0) is 25.3. The molecule has 4 atom stereocenters. The fourth-order valence-electron chi connectivity index (χ4n) is 3.78. The summed E-state index contributed by atoms with van der Waals surface area (Å²) in [6.45, 7) is 6.19. The van der Waals surface area contributed by atoms with Gasteiger partial charge in [-0.05, 0) is 25.1 Å². The molecular formula is C23H34N2O8S. The molecular weight excluding hydrogens is 464 g/mol. The molecule has 0 unspecified atom stereocenters. The largest absolute Gasteiger partial charge is 0.463 e. The quantitative estimate of drug-likeness (QED) is 0.200. The van der Waals surface area contributed by atoms with E-state index in [0.29, 0.717) is 18.4 Å². The van der Waals surface area contributed by atoms with Crippen LogP contribution in [0.25, 0.3) is 0 Å². The normalized spacial score (nSPS) is 21.8. The van der Waals surface area contributed by atoms with Gasteiger partial charge in [0.1, 0.15) is 12.7 Å². The fraction of sp³-hybridized carbons (Fsp3) is 0.696. The summed E-state index contributed by atoms with van der Waals surface area (Å²) in [5, 5.41) is 0. The van der Waals surface area contributed by atoms with Gasteiger partial charge in [0.2, 0.25) is 0 Å². The Hall–Kier alpha value is -2.53. The van der Waals surface area contributed by atoms with Crippen LogP contribution in [-0.4, -0.2) is 52.4 Å². The molecule has 0 amide bonds. The maximum atomic E-state index is 12.6. The summed E-state index contributed by atoms with van der Waals surface area (Å²) in [6, 6.07) is 0. The molecule has 1 aromatic rings. The first-order valence-electron chi connectivity index (χ1n) is 11.7. The van der Waals surface area contributed by atoms with Gasteiger partial charge < -0.3 is 18.9 Å². The van der Waals surface area contributed by atoms with E-state index >= 15 is 0 Å². The SMILES string of the molecule is CCCCCCCC(=O)O[C@H]1[C@H](OC(C)=O)[C@H](n2cc(CC)c(=O)[nH]c2=S)O[C@@H]1COC(C)=O. The Labute approximate surface area is 203 Å². The van der Waals surface area contributed by atoms with Crippen LogP contribution in [0.1, 0.15) is 78.0 Å². The maximum Gasteiger partial charge on any atom is 0.306 e. The molecule has 11 heteroatoms. The van der Waals surface area contributed by atoms with Crippen LogP contribution in [0.4, 0.5) is 0 Å². The van der Waals surface area contributed by atoms with Crippen molar-refractivity contribution in [1.82, 2.24) is 9.55 Å². The molecule has 0 spiro atoms. The van der Waals surface area contributed by atoms with E-state index in [1.165, 1.54) is 24.6 Å². The molecule has 190 valence electrons. The van der Waals surface area contributed by atoms with Crippen molar-refractivity contribution in [2.75, 3.05) is 6.61 Å². The first-order chi connectivity index (χ1) is 16.2. The Morgan fingerprint density at radius 2 is 1.76 bits per heavy atom. The molecule has 0 saturated carbocycles. The highest BCUT2D eigenvalue weighted by Crippen LogP contribution is 2.34. The first-order valence-corrected chi connectivity index (χ1v) is 12.1. The monoisotopic (exact) mass is 498 g/mol. The summed E-state index contributed by atoms with van der Waals surface area (Å²) in [6.07, 6.45) is 2.99. The topological polar surface area (TPSA) is 126 Å². The zero-order valence-corrected chi connectivity index (χ0v) is 21.0. The molecule has 0 bridgehead atoms. The molecule has 34 heavy (non-hydrogen) atoms. The van der Waals surface area contributed by atoms with E-state index in [1.807, 2.05) is 6.92 Å². The van der Waals surface area contributed by atoms with E-state index < -0.39 is 42.4 Å². The number of aromatic amines is 1. The number of nitrogens with zero attached hydrogens (tertiary/aromatic N) is 1. The van der Waals surface area contributed by atoms with E-state index in [0.717, 1.165) is 25.7 Å². The lowest BCUT2D eigenvalue weighted by molar-refractivity contribution is -0.168. The number of nitrogens with one attached hydrogen (secondary N) is 1. The third kappa shape index (κ3) is 7.76. The van der Waals surface area contributed by atoms with E-state index in [2.05, 4.69) is 11.9 Å². The van der Waals surface area contributed by atoms with Crippen molar-refractivity contribution in [2.45, 2.75) is 97.2 Å². The number of rotatable bonds is 12. The summed E-state index contributed by atoms with van der Waals surface area (Å²) in [4.78, 5) is 50.6. The molecule has 10 nitrogen and oxygen atoms in total. The van der Waals surface area contributed by atoms with E-state index in [4.69, 9.17) is 31.2 Å². The Morgan fingerprint density at radius 3 is 2.38 bits per heavy atom. The Kier molecular flexibility index (Phi) is 10.9. The van der Waals surface area contributed by atoms with E-state index in [1.54, 1.807) is 0 Å². The van der Waals surface area contributed by atoms with Crippen LogP contribution in [0.15, 0.2) is 11.0 Å². The molecule has 1 aromatic heterocycles. The van der Waals surface area contributed by atoms with Crippen LogP contribution in [0.3, 0.4) is 0 Å². The second-order valence-electron chi connectivity index (χ2n) is 8.23. The number of hydrogen-bond donors (Lipinski definition) is 1. The van der Waals surface area contributed by atoms with Crippen LogP contribution in [0.2, 0.25) is 0 Å². The average Bonchev–Trinajstić information content (AvgIpc) is 3.08. The van der Waals surface area contributed by atoms with Crippen LogP contribution >= 0.6 is 12.2 Å². The summed E-state index contributed by atoms with van der Waals surface area (Å²) in [7, 11) is 0. The van der Waals surface area contributed by atoms with Crippen molar-refractivity contribution in [3.8, 4) is 0 Å². The van der Waals surface area contributed by atoms with Gasteiger partial charge in [0, 0.05) is 32.0 Å². The molecule has 1 aliphatic rings. The van der Waals surface area contributed by atoms with Gasteiger partial charge in [-0.25, -0.2) is 0 Å². The number of H-pyrrole nitrogens is 1. The summed E-state index contributed by atoms with van der Waals surface area (Å²) < 4.78 is 23.9. The number of hydrogen-bond acceptors (Lipinski definition) is 9. The maximum absolute atomic E-state index is 12.6. The van der Waals surface area contributed by atoms with Crippen molar-refractivity contribution in [1.29, 1.82) is 0 Å². The van der Waals surface area contributed by atoms with Gasteiger partial charge in [0.05, 0.1) is 0 Å². The minimum atomic E-state index is -1.07. The molecule has 0 aromatic carbocycles. The highest BCUT2D eigenvalue weighted by molar-refractivity contribution is 7.71. The van der Waals surface area contributed by atoms with Crippen LogP contribution in [0.5, 0.6) is 0 Å². The van der Waals surface area contributed by atoms with Gasteiger partial charge in [-0.15, -0.1) is 0 Å². The van der Waals surface area contributed by atoms with Gasteiger partial charge in [-0.3, -0.25) is 28.7 Å². The predicted octanol–water partition coefficient (Wildman–Crippen LogP) is 3.13. The van der Waals surface area contributed by atoms with E-state index in [-0.39, 0.29) is 23.4 Å². The van der Waals surface area contributed by atoms with Gasteiger partial charge in [0.15, 0.2) is 23.2 Å². The lowest BCUT2D eigenvalue weighted by Gasteiger charge is -2.25. The second kappa shape index (κ2) is 13.4. The van der Waals surface area contributed by atoms with Gasteiger partial charge in [-0.1, -0.05) is 39.5 Å². The molecule has 2 rings (SSSR count). The molecule has 1 fully saturated rings. The third-order valence-corrected chi connectivity index (χ3v) is 5.80. The van der Waals surface area contributed by atoms with Crippen LogP contribution in [0, 0.1) is 4.77 Å². The molecule has 1 aliphatic heterocycles. The average molecular weight is 499 g/mol. The smallest absolute Gasteiger partial charge is 0.306 e. The van der Waals surface area contributed by atoms with Gasteiger partial charge >= 0.3 is 17.9 Å². The minimum absolute atomic E-state index is 0.0542. The highest BCUT2D eigenvalue weighted by atomic mass is 32.1. The van der Waals surface area contributed by atoms with Crippen LogP contribution < -0.4 is 5.56 Å². The number of unbranched alkanes of at least 4 members (excludes halogenated alkanes) is 4. The second-order valence-corrected chi connectivity index (χ2v) is 8.62. The Balaban J connectivity index is 2.32. The van der Waals surface area contributed by atoms with Crippen LogP contribution in [-0.2, 0) is 39.8 Å². The summed E-state index contributed by atoms with van der Waals surface area (Å²) in [5.74, 6) is -1.61.